The van der Waals surface area contributed by atoms with Crippen molar-refractivity contribution in [2.24, 2.45) is 5.73 Å². The second kappa shape index (κ2) is 5.72. The van der Waals surface area contributed by atoms with Crippen molar-refractivity contribution >= 4 is 17.5 Å². The lowest BCUT2D eigenvalue weighted by Gasteiger charge is -2.10. The zero-order chi connectivity index (χ0) is 11.3. The van der Waals surface area contributed by atoms with Crippen molar-refractivity contribution in [1.29, 1.82) is 0 Å². The van der Waals surface area contributed by atoms with Crippen LogP contribution in [-0.4, -0.2) is 28.3 Å². The fourth-order valence-corrected chi connectivity index (χ4v) is 1.24. The van der Waals surface area contributed by atoms with Gasteiger partial charge in [0.1, 0.15) is 0 Å². The van der Waals surface area contributed by atoms with E-state index in [4.69, 9.17) is 17.3 Å². The van der Waals surface area contributed by atoms with Gasteiger partial charge in [-0.25, -0.2) is 0 Å². The molecule has 0 radical (unpaired) electrons. The summed E-state index contributed by atoms with van der Waals surface area (Å²) in [6.07, 6.45) is 3.60. The number of nitrogens with zero attached hydrogens (tertiary/aromatic N) is 2. The molecule has 0 aliphatic rings. The van der Waals surface area contributed by atoms with Gasteiger partial charge in [-0.1, -0.05) is 11.6 Å². The normalized spacial score (nSPS) is 12.5. The molecule has 1 amide bonds. The summed E-state index contributed by atoms with van der Waals surface area (Å²) >= 11 is 5.68. The Balaban J connectivity index is 2.28. The second-order valence-electron chi connectivity index (χ2n) is 3.38. The molecule has 0 bridgehead atoms. The zero-order valence-corrected chi connectivity index (χ0v) is 9.37. The highest BCUT2D eigenvalue weighted by Gasteiger charge is 2.05. The first kappa shape index (κ1) is 12.0. The first-order chi connectivity index (χ1) is 7.11. The Morgan fingerprint density at radius 2 is 2.53 bits per heavy atom. The van der Waals surface area contributed by atoms with Gasteiger partial charge in [-0.2, -0.15) is 5.10 Å². The van der Waals surface area contributed by atoms with Crippen LogP contribution >= 0.6 is 11.6 Å². The topological polar surface area (TPSA) is 72.9 Å². The molecule has 0 aliphatic carbocycles. The van der Waals surface area contributed by atoms with Crippen LogP contribution in [0.5, 0.6) is 0 Å². The van der Waals surface area contributed by atoms with Crippen LogP contribution < -0.4 is 11.1 Å². The highest BCUT2D eigenvalue weighted by Crippen LogP contribution is 2.04. The predicted molar refractivity (Wildman–Crippen MR) is 58.5 cm³/mol. The van der Waals surface area contributed by atoms with Crippen LogP contribution in [0.2, 0.25) is 5.02 Å². The number of aromatic nitrogens is 2. The van der Waals surface area contributed by atoms with Crippen molar-refractivity contribution < 1.29 is 4.79 Å². The third kappa shape index (κ3) is 4.31. The average molecular weight is 231 g/mol. The fourth-order valence-electron chi connectivity index (χ4n) is 1.08. The molecule has 3 N–H and O–H groups in total. The highest BCUT2D eigenvalue weighted by molar-refractivity contribution is 6.30. The van der Waals surface area contributed by atoms with E-state index in [1.54, 1.807) is 17.1 Å². The standard InChI is InChI=1S/C9H15ClN4O/c1-7(4-11)13-9(15)2-3-14-6-8(10)5-12-14/h5-7H,2-4,11H2,1H3,(H,13,15)/t7-/m1/s1. The zero-order valence-electron chi connectivity index (χ0n) is 8.61. The highest BCUT2D eigenvalue weighted by atomic mass is 35.5. The van der Waals surface area contributed by atoms with E-state index in [9.17, 15) is 4.79 Å². The number of nitrogens with one attached hydrogen (secondary N) is 1. The minimum Gasteiger partial charge on any atom is -0.352 e. The van der Waals surface area contributed by atoms with Crippen molar-refractivity contribution in [3.05, 3.63) is 17.4 Å². The Kier molecular flexibility index (Phi) is 4.58. The Hall–Kier alpha value is -1.07. The first-order valence-electron chi connectivity index (χ1n) is 4.79. The van der Waals surface area contributed by atoms with Crippen LogP contribution in [-0.2, 0) is 11.3 Å². The first-order valence-corrected chi connectivity index (χ1v) is 5.17. The van der Waals surface area contributed by atoms with Crippen molar-refractivity contribution in [2.75, 3.05) is 6.54 Å². The van der Waals surface area contributed by atoms with Gasteiger partial charge in [0, 0.05) is 31.7 Å². The molecule has 1 atom stereocenters. The molecule has 84 valence electrons. The van der Waals surface area contributed by atoms with E-state index >= 15 is 0 Å². The Bertz CT molecular complexity index is 326. The van der Waals surface area contributed by atoms with E-state index in [1.807, 2.05) is 6.92 Å². The summed E-state index contributed by atoms with van der Waals surface area (Å²) in [4.78, 5) is 11.4. The molecule has 5 nitrogen and oxygen atoms in total. The van der Waals surface area contributed by atoms with Crippen LogP contribution in [0.25, 0.3) is 0 Å². The maximum Gasteiger partial charge on any atom is 0.222 e. The van der Waals surface area contributed by atoms with Gasteiger partial charge in [0.25, 0.3) is 0 Å². The molecule has 6 heteroatoms. The molecule has 0 fully saturated rings. The van der Waals surface area contributed by atoms with Gasteiger partial charge in [0.2, 0.25) is 5.91 Å². The molecule has 0 aromatic carbocycles. The van der Waals surface area contributed by atoms with E-state index in [2.05, 4.69) is 10.4 Å². The lowest BCUT2D eigenvalue weighted by atomic mass is 10.3. The average Bonchev–Trinajstić information content (AvgIpc) is 2.61. The lowest BCUT2D eigenvalue weighted by molar-refractivity contribution is -0.121. The Morgan fingerprint density at radius 3 is 3.07 bits per heavy atom. The van der Waals surface area contributed by atoms with Crippen LogP contribution in [0.4, 0.5) is 0 Å². The molecule has 0 aliphatic heterocycles. The van der Waals surface area contributed by atoms with E-state index in [-0.39, 0.29) is 11.9 Å². The monoisotopic (exact) mass is 230 g/mol. The number of hydrogen-bond donors (Lipinski definition) is 2. The summed E-state index contributed by atoms with van der Waals surface area (Å²) < 4.78 is 1.63. The third-order valence-corrected chi connectivity index (χ3v) is 2.13. The predicted octanol–water partition coefficient (Wildman–Crippen LogP) is 0.390. The Morgan fingerprint density at radius 1 is 1.80 bits per heavy atom. The van der Waals surface area contributed by atoms with Gasteiger partial charge in [0.05, 0.1) is 11.2 Å². The summed E-state index contributed by atoms with van der Waals surface area (Å²) in [6, 6.07) is 0.0127. The summed E-state index contributed by atoms with van der Waals surface area (Å²) in [5.41, 5.74) is 5.38. The number of rotatable bonds is 5. The summed E-state index contributed by atoms with van der Waals surface area (Å²) in [6.45, 7) is 2.83. The number of carbonyl (C=O) groups is 1. The lowest BCUT2D eigenvalue weighted by Crippen LogP contribution is -2.38. The SMILES string of the molecule is C[C@H](CN)NC(=O)CCn1cc(Cl)cn1. The Labute approximate surface area is 93.6 Å². The summed E-state index contributed by atoms with van der Waals surface area (Å²) in [7, 11) is 0. The largest absolute Gasteiger partial charge is 0.352 e. The fraction of sp³-hybridized carbons (Fsp3) is 0.556. The number of carbonyl (C=O) groups excluding carboxylic acids is 1. The van der Waals surface area contributed by atoms with Crippen LogP contribution in [0, 0.1) is 0 Å². The molecule has 1 rings (SSSR count). The molecule has 0 saturated heterocycles. The van der Waals surface area contributed by atoms with Gasteiger partial charge in [-0.15, -0.1) is 0 Å². The van der Waals surface area contributed by atoms with E-state index < -0.39 is 0 Å². The molecule has 0 unspecified atom stereocenters. The number of hydrogen-bond acceptors (Lipinski definition) is 3. The van der Waals surface area contributed by atoms with E-state index in [1.165, 1.54) is 0 Å². The van der Waals surface area contributed by atoms with Gasteiger partial charge < -0.3 is 11.1 Å². The molecular weight excluding hydrogens is 216 g/mol. The molecule has 1 aromatic rings. The van der Waals surface area contributed by atoms with Crippen molar-refractivity contribution in [1.82, 2.24) is 15.1 Å². The van der Waals surface area contributed by atoms with Gasteiger partial charge in [-0.3, -0.25) is 9.48 Å². The van der Waals surface area contributed by atoms with Crippen LogP contribution in [0.3, 0.4) is 0 Å². The van der Waals surface area contributed by atoms with Gasteiger partial charge in [-0.05, 0) is 6.92 Å². The summed E-state index contributed by atoms with van der Waals surface area (Å²) in [5.74, 6) is -0.0282. The molecule has 1 heterocycles. The molecule has 0 spiro atoms. The molecular formula is C9H15ClN4O. The minimum atomic E-state index is -0.0282. The van der Waals surface area contributed by atoms with E-state index in [0.717, 1.165) is 0 Å². The van der Waals surface area contributed by atoms with E-state index in [0.29, 0.717) is 24.5 Å². The maximum absolute atomic E-state index is 11.4. The second-order valence-corrected chi connectivity index (χ2v) is 3.81. The number of halogens is 1. The van der Waals surface area contributed by atoms with Crippen molar-refractivity contribution in [3.63, 3.8) is 0 Å². The number of nitrogens with two attached hydrogens (primary N) is 1. The molecule has 0 saturated carbocycles. The van der Waals surface area contributed by atoms with Crippen molar-refractivity contribution in [2.45, 2.75) is 25.9 Å². The summed E-state index contributed by atoms with van der Waals surface area (Å²) in [5, 5.41) is 7.31. The molecule has 1 aromatic heterocycles. The maximum atomic E-state index is 11.4. The number of amides is 1. The number of aryl methyl sites for hydroxylation is 1. The smallest absolute Gasteiger partial charge is 0.222 e. The quantitative estimate of drug-likeness (QED) is 0.769. The van der Waals surface area contributed by atoms with Crippen molar-refractivity contribution in [3.8, 4) is 0 Å². The van der Waals surface area contributed by atoms with Gasteiger partial charge in [0.15, 0.2) is 0 Å². The van der Waals surface area contributed by atoms with Gasteiger partial charge >= 0.3 is 0 Å². The minimum absolute atomic E-state index is 0.0127. The third-order valence-electron chi connectivity index (χ3n) is 1.93. The van der Waals surface area contributed by atoms with Crippen LogP contribution in [0.15, 0.2) is 12.4 Å². The van der Waals surface area contributed by atoms with Crippen LogP contribution in [0.1, 0.15) is 13.3 Å². The molecule has 15 heavy (non-hydrogen) atoms.